The van der Waals surface area contributed by atoms with E-state index in [9.17, 15) is 0 Å². The summed E-state index contributed by atoms with van der Waals surface area (Å²) in [5.74, 6) is 0. The third-order valence-corrected chi connectivity index (χ3v) is 3.92. The van der Waals surface area contributed by atoms with Crippen LogP contribution in [0.4, 0.5) is 0 Å². The predicted molar refractivity (Wildman–Crippen MR) is 44.4 cm³/mol. The van der Waals surface area contributed by atoms with E-state index in [4.69, 9.17) is 0 Å². The van der Waals surface area contributed by atoms with Gasteiger partial charge < -0.3 is 4.57 Å². The summed E-state index contributed by atoms with van der Waals surface area (Å²) in [4.78, 5) is 0. The van der Waals surface area contributed by atoms with Crippen LogP contribution in [0, 0.1) is 0 Å². The summed E-state index contributed by atoms with van der Waals surface area (Å²) in [6, 6.07) is 1.58. The molecule has 9 heavy (non-hydrogen) atoms. The first-order chi connectivity index (χ1) is 4.43. The highest BCUT2D eigenvalue weighted by Gasteiger charge is 2.12. The number of hydrogen-bond donors (Lipinski definition) is 0. The molecule has 0 spiro atoms. The van der Waals surface area contributed by atoms with Crippen molar-refractivity contribution < 1.29 is 0 Å². The minimum absolute atomic E-state index is 0.324. The van der Waals surface area contributed by atoms with E-state index in [0.29, 0.717) is 9.68 Å². The van der Waals surface area contributed by atoms with Gasteiger partial charge in [-0.3, -0.25) is 0 Å². The standard InChI is InChI=1S/C7H17NSi/c1-2-3-4-5-8-6-7-9-8/h2-7,9H2,1H3. The minimum Gasteiger partial charge on any atom is -0.329 e. The van der Waals surface area contributed by atoms with E-state index in [2.05, 4.69) is 11.5 Å². The fraction of sp³-hybridized carbons (Fsp3) is 1.00. The van der Waals surface area contributed by atoms with Crippen molar-refractivity contribution in [3.05, 3.63) is 0 Å². The molecule has 0 radical (unpaired) electrons. The normalized spacial score (nSPS) is 22.3. The molecule has 1 fully saturated rings. The Balaban J connectivity index is 1.80. The summed E-state index contributed by atoms with van der Waals surface area (Å²) in [7, 11) is 0.324. The molecule has 0 amide bonds. The van der Waals surface area contributed by atoms with Gasteiger partial charge in [0, 0.05) is 0 Å². The van der Waals surface area contributed by atoms with Crippen LogP contribution in [0.2, 0.25) is 6.04 Å². The quantitative estimate of drug-likeness (QED) is 0.419. The van der Waals surface area contributed by atoms with Gasteiger partial charge in [-0.1, -0.05) is 19.8 Å². The lowest BCUT2D eigenvalue weighted by molar-refractivity contribution is 0.401. The molecule has 0 atom stereocenters. The molecule has 0 aromatic heterocycles. The van der Waals surface area contributed by atoms with Gasteiger partial charge in [-0.2, -0.15) is 0 Å². The first kappa shape index (κ1) is 7.29. The predicted octanol–water partition coefficient (Wildman–Crippen LogP) is 0.994. The highest BCUT2D eigenvalue weighted by atomic mass is 28.2. The van der Waals surface area contributed by atoms with Gasteiger partial charge >= 0.3 is 0 Å². The molecule has 54 valence electrons. The molecule has 2 heteroatoms. The molecule has 0 N–H and O–H groups in total. The van der Waals surface area contributed by atoms with E-state index in [1.807, 2.05) is 0 Å². The molecule has 0 aromatic carbocycles. The molecule has 0 saturated carbocycles. The van der Waals surface area contributed by atoms with Crippen molar-refractivity contribution in [2.75, 3.05) is 13.1 Å². The second-order valence-electron chi connectivity index (χ2n) is 2.90. The Hall–Kier alpha value is 0.177. The van der Waals surface area contributed by atoms with Crippen LogP contribution in [0.3, 0.4) is 0 Å². The van der Waals surface area contributed by atoms with E-state index in [1.165, 1.54) is 32.4 Å². The summed E-state index contributed by atoms with van der Waals surface area (Å²) >= 11 is 0. The van der Waals surface area contributed by atoms with Crippen LogP contribution in [0.25, 0.3) is 0 Å². The molecule has 0 unspecified atom stereocenters. The Morgan fingerprint density at radius 1 is 1.44 bits per heavy atom. The van der Waals surface area contributed by atoms with Crippen LogP contribution in [0.15, 0.2) is 0 Å². The summed E-state index contributed by atoms with van der Waals surface area (Å²) in [5, 5.41) is 0. The molecule has 1 aliphatic rings. The van der Waals surface area contributed by atoms with E-state index in [-0.39, 0.29) is 0 Å². The average Bonchev–Trinajstić information content (AvgIpc) is 1.76. The van der Waals surface area contributed by atoms with Gasteiger partial charge in [-0.15, -0.1) is 0 Å². The Bertz CT molecular complexity index is 71.3. The van der Waals surface area contributed by atoms with Crippen molar-refractivity contribution in [3.63, 3.8) is 0 Å². The second-order valence-corrected chi connectivity index (χ2v) is 4.95. The number of rotatable bonds is 4. The smallest absolute Gasteiger partial charge is 0.0962 e. The molecule has 1 aliphatic heterocycles. The Morgan fingerprint density at radius 3 is 2.67 bits per heavy atom. The summed E-state index contributed by atoms with van der Waals surface area (Å²) in [6.45, 7) is 5.11. The fourth-order valence-electron chi connectivity index (χ4n) is 1.19. The zero-order chi connectivity index (χ0) is 6.53. The summed E-state index contributed by atoms with van der Waals surface area (Å²) < 4.78 is 2.68. The van der Waals surface area contributed by atoms with Gasteiger partial charge in [-0.05, 0) is 25.6 Å². The summed E-state index contributed by atoms with van der Waals surface area (Å²) in [5.41, 5.74) is 0. The number of nitrogens with zero attached hydrogens (tertiary/aromatic N) is 1. The van der Waals surface area contributed by atoms with Gasteiger partial charge in [0.15, 0.2) is 0 Å². The van der Waals surface area contributed by atoms with E-state index in [1.54, 1.807) is 6.04 Å². The third kappa shape index (κ3) is 2.50. The van der Waals surface area contributed by atoms with Crippen LogP contribution in [0.5, 0.6) is 0 Å². The zero-order valence-electron chi connectivity index (χ0n) is 6.40. The highest BCUT2D eigenvalue weighted by molar-refractivity contribution is 6.35. The van der Waals surface area contributed by atoms with E-state index in [0.717, 1.165) is 0 Å². The Kier molecular flexibility index (Phi) is 3.29. The van der Waals surface area contributed by atoms with Crippen LogP contribution in [0.1, 0.15) is 26.2 Å². The third-order valence-electron chi connectivity index (χ3n) is 2.03. The summed E-state index contributed by atoms with van der Waals surface area (Å²) in [6.07, 6.45) is 4.25. The van der Waals surface area contributed by atoms with Crippen molar-refractivity contribution in [3.8, 4) is 0 Å². The first-order valence-corrected chi connectivity index (χ1v) is 5.79. The van der Waals surface area contributed by atoms with Crippen molar-refractivity contribution >= 4 is 9.68 Å². The zero-order valence-corrected chi connectivity index (χ0v) is 7.81. The molecule has 0 aromatic rings. The molecule has 0 bridgehead atoms. The van der Waals surface area contributed by atoms with Crippen LogP contribution >= 0.6 is 0 Å². The molecule has 1 rings (SSSR count). The maximum Gasteiger partial charge on any atom is 0.0962 e. The number of unbranched alkanes of at least 4 members (excludes halogenated alkanes) is 2. The number of hydrogen-bond acceptors (Lipinski definition) is 1. The Labute approximate surface area is 60.3 Å². The van der Waals surface area contributed by atoms with Crippen LogP contribution in [-0.4, -0.2) is 27.3 Å². The topological polar surface area (TPSA) is 3.24 Å². The van der Waals surface area contributed by atoms with Gasteiger partial charge in [0.05, 0.1) is 9.68 Å². The molecule has 1 nitrogen and oxygen atoms in total. The lowest BCUT2D eigenvalue weighted by atomic mass is 10.2. The highest BCUT2D eigenvalue weighted by Crippen LogP contribution is 2.05. The van der Waals surface area contributed by atoms with Gasteiger partial charge in [-0.25, -0.2) is 0 Å². The first-order valence-electron chi connectivity index (χ1n) is 4.16. The largest absolute Gasteiger partial charge is 0.329 e. The maximum absolute atomic E-state index is 2.68. The monoisotopic (exact) mass is 143 g/mol. The molecule has 1 saturated heterocycles. The van der Waals surface area contributed by atoms with Gasteiger partial charge in [0.2, 0.25) is 0 Å². The molecule has 0 aliphatic carbocycles. The van der Waals surface area contributed by atoms with Crippen molar-refractivity contribution in [2.24, 2.45) is 0 Å². The van der Waals surface area contributed by atoms with E-state index >= 15 is 0 Å². The molecular weight excluding hydrogens is 126 g/mol. The SMILES string of the molecule is CCCCCN1CC[SiH2]1. The molecular formula is C7H17NSi. The van der Waals surface area contributed by atoms with Gasteiger partial charge in [0.1, 0.15) is 0 Å². The van der Waals surface area contributed by atoms with Crippen molar-refractivity contribution in [1.82, 2.24) is 4.57 Å². The maximum atomic E-state index is 2.68. The average molecular weight is 143 g/mol. The Morgan fingerprint density at radius 2 is 2.22 bits per heavy atom. The van der Waals surface area contributed by atoms with Crippen molar-refractivity contribution in [2.45, 2.75) is 32.2 Å². The van der Waals surface area contributed by atoms with Crippen LogP contribution in [-0.2, 0) is 0 Å². The minimum atomic E-state index is 0.324. The van der Waals surface area contributed by atoms with Gasteiger partial charge in [0.25, 0.3) is 0 Å². The van der Waals surface area contributed by atoms with Crippen molar-refractivity contribution in [1.29, 1.82) is 0 Å². The lowest BCUT2D eigenvalue weighted by Gasteiger charge is -2.30. The molecule has 1 heterocycles. The van der Waals surface area contributed by atoms with E-state index < -0.39 is 0 Å². The second kappa shape index (κ2) is 4.07. The van der Waals surface area contributed by atoms with Crippen LogP contribution < -0.4 is 0 Å². The lowest BCUT2D eigenvalue weighted by Crippen LogP contribution is -2.40. The fourth-order valence-corrected chi connectivity index (χ4v) is 2.40.